The zero-order valence-electron chi connectivity index (χ0n) is 15.5. The molecule has 0 amide bonds. The number of aryl methyl sites for hydroxylation is 1. The summed E-state index contributed by atoms with van der Waals surface area (Å²) in [5.74, 6) is -1.07. The van der Waals surface area contributed by atoms with Gasteiger partial charge in [-0.05, 0) is 43.7 Å². The van der Waals surface area contributed by atoms with Crippen molar-refractivity contribution in [1.29, 1.82) is 0 Å². The molecule has 3 atom stereocenters. The number of benzene rings is 1. The lowest BCUT2D eigenvalue weighted by Crippen LogP contribution is -2.42. The van der Waals surface area contributed by atoms with Crippen LogP contribution in [0.25, 0.3) is 0 Å². The summed E-state index contributed by atoms with van der Waals surface area (Å²) in [6.07, 6.45) is 0.748. The van der Waals surface area contributed by atoms with Crippen molar-refractivity contribution in [1.82, 2.24) is 4.31 Å². The molecule has 1 aromatic rings. The third-order valence-electron chi connectivity index (χ3n) is 5.26. The Bertz CT molecular complexity index is 1040. The van der Waals surface area contributed by atoms with Crippen molar-refractivity contribution >= 4 is 36.1 Å². The van der Waals surface area contributed by atoms with Gasteiger partial charge < -0.3 is 4.18 Å². The average Bonchev–Trinajstić information content (AvgIpc) is 2.94. The molecular weight excluding hydrogens is 499 g/mol. The van der Waals surface area contributed by atoms with E-state index in [9.17, 15) is 30.0 Å². The third kappa shape index (κ3) is 4.08. The molecule has 29 heavy (non-hydrogen) atoms. The maximum Gasteiger partial charge on any atom is 0.534 e. The van der Waals surface area contributed by atoms with Crippen LogP contribution in [-0.4, -0.2) is 39.2 Å². The van der Waals surface area contributed by atoms with Crippen molar-refractivity contribution in [2.24, 2.45) is 11.8 Å². The van der Waals surface area contributed by atoms with Gasteiger partial charge in [-0.1, -0.05) is 40.5 Å². The minimum Gasteiger partial charge on any atom is -0.378 e. The number of sulfonamides is 1. The summed E-state index contributed by atoms with van der Waals surface area (Å²) in [5.41, 5.74) is -4.78. The summed E-state index contributed by atoms with van der Waals surface area (Å²) in [6, 6.07) is 4.91. The molecule has 0 spiro atoms. The molecule has 0 bridgehead atoms. The van der Waals surface area contributed by atoms with Crippen LogP contribution in [0.4, 0.5) is 13.2 Å². The van der Waals surface area contributed by atoms with Crippen LogP contribution < -0.4 is 0 Å². The molecule has 1 aromatic carbocycles. The Balaban J connectivity index is 2.07. The lowest BCUT2D eigenvalue weighted by molar-refractivity contribution is -0.0529. The van der Waals surface area contributed by atoms with E-state index in [2.05, 4.69) is 20.1 Å². The fraction of sp³-hybridized carbons (Fsp3) is 0.529. The number of fused-ring (bicyclic) bond motifs is 1. The Morgan fingerprint density at radius 1 is 1.14 bits per heavy atom. The number of rotatable bonds is 4. The first-order valence-corrected chi connectivity index (χ1v) is 12.4. The van der Waals surface area contributed by atoms with E-state index in [0.29, 0.717) is 6.42 Å². The molecule has 0 saturated carbocycles. The van der Waals surface area contributed by atoms with E-state index < -0.39 is 37.5 Å². The van der Waals surface area contributed by atoms with Crippen LogP contribution in [0.15, 0.2) is 39.4 Å². The second-order valence-electron chi connectivity index (χ2n) is 7.26. The van der Waals surface area contributed by atoms with Gasteiger partial charge in [-0.3, -0.25) is 0 Å². The molecule has 1 fully saturated rings. The maximum atomic E-state index is 13.2. The van der Waals surface area contributed by atoms with Crippen LogP contribution in [0.5, 0.6) is 0 Å². The van der Waals surface area contributed by atoms with E-state index in [0.717, 1.165) is 9.87 Å². The monoisotopic (exact) mass is 517 g/mol. The number of nitrogens with zero attached hydrogens (tertiary/aromatic N) is 1. The lowest BCUT2D eigenvalue weighted by Gasteiger charge is -2.33. The minimum absolute atomic E-state index is 0.0179. The summed E-state index contributed by atoms with van der Waals surface area (Å²) < 4.78 is 94.0. The van der Waals surface area contributed by atoms with Crippen LogP contribution >= 0.6 is 15.9 Å². The maximum absolute atomic E-state index is 13.2. The van der Waals surface area contributed by atoms with Gasteiger partial charge in [0.25, 0.3) is 0 Å². The molecule has 0 radical (unpaired) electrons. The molecule has 1 aliphatic heterocycles. The largest absolute Gasteiger partial charge is 0.534 e. The van der Waals surface area contributed by atoms with Gasteiger partial charge >= 0.3 is 15.6 Å². The van der Waals surface area contributed by atoms with Crippen LogP contribution in [0.2, 0.25) is 0 Å². The van der Waals surface area contributed by atoms with Crippen molar-refractivity contribution in [2.45, 2.75) is 43.1 Å². The first-order valence-electron chi connectivity index (χ1n) is 8.73. The third-order valence-corrected chi connectivity index (χ3v) is 8.87. The average molecular weight is 518 g/mol. The molecule has 2 aliphatic rings. The van der Waals surface area contributed by atoms with Crippen molar-refractivity contribution in [3.63, 3.8) is 0 Å². The van der Waals surface area contributed by atoms with Crippen LogP contribution in [0, 0.1) is 18.8 Å². The van der Waals surface area contributed by atoms with E-state index in [1.54, 1.807) is 26.0 Å². The second kappa shape index (κ2) is 7.54. The van der Waals surface area contributed by atoms with Gasteiger partial charge in [0.05, 0.1) is 10.9 Å². The highest BCUT2D eigenvalue weighted by atomic mass is 79.9. The summed E-state index contributed by atoms with van der Waals surface area (Å²) in [5, 5.41) is 0. The molecule has 0 unspecified atom stereocenters. The van der Waals surface area contributed by atoms with Crippen LogP contribution in [0.3, 0.4) is 0 Å². The van der Waals surface area contributed by atoms with Crippen LogP contribution in [-0.2, 0) is 24.3 Å². The first kappa shape index (κ1) is 22.6. The molecule has 3 rings (SSSR count). The Labute approximate surface area is 176 Å². The zero-order valence-corrected chi connectivity index (χ0v) is 18.7. The Kier molecular flexibility index (Phi) is 5.87. The summed E-state index contributed by atoms with van der Waals surface area (Å²) in [6.45, 7) is 3.63. The molecule has 1 aliphatic carbocycles. The predicted molar refractivity (Wildman–Crippen MR) is 103 cm³/mol. The summed E-state index contributed by atoms with van der Waals surface area (Å²) >= 11 is 3.09. The molecule has 1 heterocycles. The molecule has 0 N–H and O–H groups in total. The van der Waals surface area contributed by atoms with Gasteiger partial charge in [-0.25, -0.2) is 8.42 Å². The Hall–Kier alpha value is -1.11. The van der Waals surface area contributed by atoms with Crippen LogP contribution in [0.1, 0.15) is 25.3 Å². The number of allylic oxidation sites excluding steroid dienone is 1. The van der Waals surface area contributed by atoms with E-state index in [1.165, 1.54) is 12.1 Å². The fourth-order valence-electron chi connectivity index (χ4n) is 3.76. The zero-order chi connectivity index (χ0) is 21.8. The Morgan fingerprint density at radius 3 is 2.28 bits per heavy atom. The number of hydrogen-bond donors (Lipinski definition) is 0. The predicted octanol–water partition coefficient (Wildman–Crippen LogP) is 3.89. The molecular formula is C17H19BrF3NO5S2. The smallest absolute Gasteiger partial charge is 0.378 e. The molecule has 0 aromatic heterocycles. The van der Waals surface area contributed by atoms with Gasteiger partial charge in [0.15, 0.2) is 0 Å². The topological polar surface area (TPSA) is 80.8 Å². The van der Waals surface area contributed by atoms with E-state index >= 15 is 0 Å². The number of hydrogen-bond acceptors (Lipinski definition) is 5. The van der Waals surface area contributed by atoms with E-state index in [1.807, 2.05) is 0 Å². The SMILES string of the molecule is Cc1ccc(S(=O)(=O)N2C[C@@H](C)[C@H]3CCC(Br)=C(OS(=O)(=O)C(F)(F)F)[C@H]32)cc1. The highest BCUT2D eigenvalue weighted by Gasteiger charge is 2.55. The van der Waals surface area contributed by atoms with Crippen molar-refractivity contribution in [3.8, 4) is 0 Å². The highest BCUT2D eigenvalue weighted by Crippen LogP contribution is 2.47. The summed E-state index contributed by atoms with van der Waals surface area (Å²) in [7, 11) is -10.0. The first-order chi connectivity index (χ1) is 13.3. The van der Waals surface area contributed by atoms with E-state index in [4.69, 9.17) is 0 Å². The lowest BCUT2D eigenvalue weighted by atomic mass is 9.83. The quantitative estimate of drug-likeness (QED) is 0.447. The second-order valence-corrected chi connectivity index (χ2v) is 11.7. The molecule has 1 saturated heterocycles. The standard InChI is InChI=1S/C17H19BrF3NO5S2/c1-10-3-5-12(6-4-10)28(23,24)22-9-11(2)13-7-8-14(18)16(15(13)22)27-29(25,26)17(19,20)21/h3-6,11,13,15H,7-9H2,1-2H3/t11-,13-,15+/m1/s1. The van der Waals surface area contributed by atoms with Crippen molar-refractivity contribution < 1.29 is 34.2 Å². The van der Waals surface area contributed by atoms with E-state index in [-0.39, 0.29) is 34.2 Å². The highest BCUT2D eigenvalue weighted by molar-refractivity contribution is 9.11. The number of halogens is 4. The van der Waals surface area contributed by atoms with Crippen molar-refractivity contribution in [2.75, 3.05) is 6.54 Å². The molecule has 162 valence electrons. The van der Waals surface area contributed by atoms with Gasteiger partial charge in [0.2, 0.25) is 10.0 Å². The fourth-order valence-corrected chi connectivity index (χ4v) is 6.67. The Morgan fingerprint density at radius 2 is 1.72 bits per heavy atom. The van der Waals surface area contributed by atoms with Gasteiger partial charge in [0.1, 0.15) is 5.76 Å². The molecule has 12 heteroatoms. The van der Waals surface area contributed by atoms with Crippen molar-refractivity contribution in [3.05, 3.63) is 40.1 Å². The number of alkyl halides is 3. The minimum atomic E-state index is -5.93. The van der Waals surface area contributed by atoms with Gasteiger partial charge in [-0.2, -0.15) is 25.9 Å². The van der Waals surface area contributed by atoms with Gasteiger partial charge in [0, 0.05) is 11.0 Å². The van der Waals surface area contributed by atoms with Gasteiger partial charge in [-0.15, -0.1) is 0 Å². The molecule has 6 nitrogen and oxygen atoms in total. The normalized spacial score (nSPS) is 26.5. The summed E-state index contributed by atoms with van der Waals surface area (Å²) in [4.78, 5) is -0.0179.